The van der Waals surface area contributed by atoms with E-state index >= 15 is 0 Å². The molecule has 0 bridgehead atoms. The summed E-state index contributed by atoms with van der Waals surface area (Å²) in [6, 6.07) is 14.1. The van der Waals surface area contributed by atoms with Gasteiger partial charge in [-0.1, -0.05) is 30.7 Å². The number of hydrogen-bond acceptors (Lipinski definition) is 4. The van der Waals surface area contributed by atoms with Crippen molar-refractivity contribution in [1.29, 1.82) is 0 Å². The van der Waals surface area contributed by atoms with Crippen LogP contribution in [-0.2, 0) is 16.4 Å². The maximum Gasteiger partial charge on any atom is 0.284 e. The third-order valence-electron chi connectivity index (χ3n) is 5.68. The number of nitrogens with zero attached hydrogens (tertiary/aromatic N) is 4. The lowest BCUT2D eigenvalue weighted by atomic mass is 10.1. The van der Waals surface area contributed by atoms with E-state index in [1.165, 1.54) is 18.3 Å². The molecule has 9 heteroatoms. The first-order valence-electron chi connectivity index (χ1n) is 10.9. The number of amides is 1. The first-order valence-corrected chi connectivity index (χ1v) is 12.3. The SMILES string of the molecule is CCc1c(C(=O)Nc2cccc(S(=O)(=O)/N=C3/CCCN3C)c2)cnn1-c1ccc(C)cc1. The molecule has 1 aliphatic rings. The van der Waals surface area contributed by atoms with Crippen LogP contribution < -0.4 is 5.32 Å². The van der Waals surface area contributed by atoms with Gasteiger partial charge in [-0.05, 0) is 50.1 Å². The van der Waals surface area contributed by atoms with Crippen LogP contribution in [0.4, 0.5) is 5.69 Å². The van der Waals surface area contributed by atoms with Gasteiger partial charge in [0.05, 0.1) is 28.0 Å². The van der Waals surface area contributed by atoms with E-state index in [0.29, 0.717) is 29.9 Å². The van der Waals surface area contributed by atoms with Crippen LogP contribution in [0.1, 0.15) is 41.4 Å². The van der Waals surface area contributed by atoms with E-state index in [4.69, 9.17) is 0 Å². The topological polar surface area (TPSA) is 96.7 Å². The molecule has 0 spiro atoms. The average molecular weight is 466 g/mol. The highest BCUT2D eigenvalue weighted by Crippen LogP contribution is 2.22. The fourth-order valence-electron chi connectivity index (χ4n) is 3.85. The van der Waals surface area contributed by atoms with Gasteiger partial charge >= 0.3 is 0 Å². The van der Waals surface area contributed by atoms with Crippen LogP contribution in [0.5, 0.6) is 0 Å². The Labute approximate surface area is 194 Å². The Morgan fingerprint density at radius 1 is 1.18 bits per heavy atom. The molecular formula is C24H27N5O3S. The van der Waals surface area contributed by atoms with E-state index in [2.05, 4.69) is 14.8 Å². The van der Waals surface area contributed by atoms with Gasteiger partial charge in [-0.25, -0.2) is 4.68 Å². The number of likely N-dealkylation sites (tertiary alicyclic amines) is 1. The van der Waals surface area contributed by atoms with Crippen molar-refractivity contribution in [2.24, 2.45) is 4.40 Å². The van der Waals surface area contributed by atoms with Gasteiger partial charge in [0, 0.05) is 25.7 Å². The molecule has 2 aromatic carbocycles. The molecule has 3 aromatic rings. The molecule has 0 atom stereocenters. The van der Waals surface area contributed by atoms with Gasteiger partial charge in [-0.2, -0.15) is 13.5 Å². The number of amidine groups is 1. The van der Waals surface area contributed by atoms with E-state index in [0.717, 1.165) is 29.9 Å². The molecule has 0 aliphatic carbocycles. The molecule has 2 heterocycles. The zero-order valence-corrected chi connectivity index (χ0v) is 19.8. The zero-order valence-electron chi connectivity index (χ0n) is 18.9. The summed E-state index contributed by atoms with van der Waals surface area (Å²) in [7, 11) is -2.04. The Bertz CT molecular complexity index is 1310. The molecule has 4 rings (SSSR count). The lowest BCUT2D eigenvalue weighted by Gasteiger charge is -2.11. The number of anilines is 1. The summed E-state index contributed by atoms with van der Waals surface area (Å²) in [4.78, 5) is 14.9. The van der Waals surface area contributed by atoms with Crippen LogP contribution in [0.3, 0.4) is 0 Å². The van der Waals surface area contributed by atoms with E-state index in [1.807, 2.05) is 50.1 Å². The van der Waals surface area contributed by atoms with Gasteiger partial charge in [-0.3, -0.25) is 4.79 Å². The normalized spacial score (nSPS) is 15.2. The predicted octanol–water partition coefficient (Wildman–Crippen LogP) is 3.81. The fourth-order valence-corrected chi connectivity index (χ4v) is 4.99. The number of hydrogen-bond donors (Lipinski definition) is 1. The monoisotopic (exact) mass is 465 g/mol. The number of aryl methyl sites for hydroxylation is 1. The van der Waals surface area contributed by atoms with E-state index in [9.17, 15) is 13.2 Å². The molecule has 1 N–H and O–H groups in total. The summed E-state index contributed by atoms with van der Waals surface area (Å²) < 4.78 is 31.3. The predicted molar refractivity (Wildman–Crippen MR) is 129 cm³/mol. The number of sulfonamides is 1. The van der Waals surface area contributed by atoms with Crippen molar-refractivity contribution in [3.05, 3.63) is 71.5 Å². The van der Waals surface area contributed by atoms with Gasteiger partial charge in [-0.15, -0.1) is 4.40 Å². The quantitative estimate of drug-likeness (QED) is 0.597. The van der Waals surface area contributed by atoms with Crippen molar-refractivity contribution in [1.82, 2.24) is 14.7 Å². The minimum absolute atomic E-state index is 0.0409. The Hall–Kier alpha value is -3.46. The standard InChI is InChI=1S/C24H27N5O3S/c1-4-22-21(16-25-29(22)19-12-10-17(2)11-13-19)24(30)26-18-7-5-8-20(15-18)33(31,32)27-23-9-6-14-28(23)3/h5,7-8,10-13,15-16H,4,6,9,14H2,1-3H3,(H,26,30)/b27-23-. The highest BCUT2D eigenvalue weighted by Gasteiger charge is 2.22. The van der Waals surface area contributed by atoms with Crippen LogP contribution in [-0.4, -0.2) is 48.4 Å². The summed E-state index contributed by atoms with van der Waals surface area (Å²) in [6.45, 7) is 4.77. The molecule has 172 valence electrons. The average Bonchev–Trinajstić information content (AvgIpc) is 3.40. The van der Waals surface area contributed by atoms with Crippen LogP contribution in [0.25, 0.3) is 5.69 Å². The molecular weight excluding hydrogens is 438 g/mol. The number of carbonyl (C=O) groups is 1. The van der Waals surface area contributed by atoms with Crippen molar-refractivity contribution in [2.75, 3.05) is 18.9 Å². The highest BCUT2D eigenvalue weighted by molar-refractivity contribution is 7.90. The number of carbonyl (C=O) groups excluding carboxylic acids is 1. The lowest BCUT2D eigenvalue weighted by molar-refractivity contribution is 0.102. The van der Waals surface area contributed by atoms with E-state index in [-0.39, 0.29) is 10.8 Å². The van der Waals surface area contributed by atoms with Gasteiger partial charge in [0.25, 0.3) is 15.9 Å². The zero-order chi connectivity index (χ0) is 23.6. The van der Waals surface area contributed by atoms with Crippen molar-refractivity contribution in [3.8, 4) is 5.69 Å². The second kappa shape index (κ2) is 9.19. The number of benzene rings is 2. The first-order chi connectivity index (χ1) is 15.8. The third-order valence-corrected chi connectivity index (χ3v) is 6.98. The molecule has 1 aromatic heterocycles. The molecule has 1 amide bonds. The molecule has 0 unspecified atom stereocenters. The van der Waals surface area contributed by atoms with Crippen molar-refractivity contribution in [3.63, 3.8) is 0 Å². The third kappa shape index (κ3) is 4.83. The fraction of sp³-hybridized carbons (Fsp3) is 0.292. The molecule has 1 aliphatic heterocycles. The van der Waals surface area contributed by atoms with Gasteiger partial charge < -0.3 is 10.2 Å². The van der Waals surface area contributed by atoms with Crippen LogP contribution in [0.15, 0.2) is 64.0 Å². The van der Waals surface area contributed by atoms with Crippen LogP contribution >= 0.6 is 0 Å². The van der Waals surface area contributed by atoms with Gasteiger partial charge in [0.2, 0.25) is 0 Å². The van der Waals surface area contributed by atoms with Crippen molar-refractivity contribution < 1.29 is 13.2 Å². The van der Waals surface area contributed by atoms with Crippen molar-refractivity contribution >= 4 is 27.5 Å². The van der Waals surface area contributed by atoms with Gasteiger partial charge in [0.1, 0.15) is 5.84 Å². The maximum atomic E-state index is 13.0. The van der Waals surface area contributed by atoms with E-state index < -0.39 is 10.0 Å². The minimum Gasteiger partial charge on any atom is -0.362 e. The summed E-state index contributed by atoms with van der Waals surface area (Å²) >= 11 is 0. The summed E-state index contributed by atoms with van der Waals surface area (Å²) in [5.41, 5.74) is 3.61. The minimum atomic E-state index is -3.87. The summed E-state index contributed by atoms with van der Waals surface area (Å²) in [5.74, 6) is 0.210. The first kappa shape index (κ1) is 22.7. The smallest absolute Gasteiger partial charge is 0.284 e. The molecule has 33 heavy (non-hydrogen) atoms. The second-order valence-electron chi connectivity index (χ2n) is 8.10. The Morgan fingerprint density at radius 3 is 2.61 bits per heavy atom. The summed E-state index contributed by atoms with van der Waals surface area (Å²) in [5, 5.41) is 7.21. The van der Waals surface area contributed by atoms with Gasteiger partial charge in [0.15, 0.2) is 0 Å². The Morgan fingerprint density at radius 2 is 1.94 bits per heavy atom. The van der Waals surface area contributed by atoms with E-state index in [1.54, 1.807) is 16.8 Å². The molecule has 1 fully saturated rings. The largest absolute Gasteiger partial charge is 0.362 e. The second-order valence-corrected chi connectivity index (χ2v) is 9.70. The molecule has 0 radical (unpaired) electrons. The number of aromatic nitrogens is 2. The van der Waals surface area contributed by atoms with Crippen LogP contribution in [0, 0.1) is 6.92 Å². The lowest BCUT2D eigenvalue weighted by Crippen LogP contribution is -2.20. The number of nitrogens with one attached hydrogen (secondary N) is 1. The maximum absolute atomic E-state index is 13.0. The molecule has 0 saturated carbocycles. The highest BCUT2D eigenvalue weighted by atomic mass is 32.2. The Kier molecular flexibility index (Phi) is 6.33. The van der Waals surface area contributed by atoms with Crippen LogP contribution in [0.2, 0.25) is 0 Å². The molecule has 8 nitrogen and oxygen atoms in total. The number of rotatable bonds is 6. The molecule has 1 saturated heterocycles. The summed E-state index contributed by atoms with van der Waals surface area (Å²) in [6.07, 6.45) is 3.67. The van der Waals surface area contributed by atoms with Crippen molar-refractivity contribution in [2.45, 2.75) is 38.0 Å². The Balaban J connectivity index is 1.58.